The molecule has 0 rings (SSSR count). The Morgan fingerprint density at radius 1 is 1.21 bits per heavy atom. The molecule has 78 valence electrons. The summed E-state index contributed by atoms with van der Waals surface area (Å²) in [6.07, 6.45) is -1.92. The van der Waals surface area contributed by atoms with Crippen LogP contribution in [0.25, 0.3) is 0 Å². The van der Waals surface area contributed by atoms with Crippen molar-refractivity contribution in [1.82, 2.24) is 4.90 Å². The van der Waals surface area contributed by atoms with Gasteiger partial charge in [-0.15, -0.1) is 0 Å². The summed E-state index contributed by atoms with van der Waals surface area (Å²) in [7, 11) is 0. The van der Waals surface area contributed by atoms with Crippen LogP contribution in [-0.4, -0.2) is 39.4 Å². The summed E-state index contributed by atoms with van der Waals surface area (Å²) in [5.74, 6) is -1.74. The average molecular weight is 200 g/mol. The second-order valence-electron chi connectivity index (χ2n) is 2.36. The number of amides is 2. The molecule has 0 aromatic carbocycles. The van der Waals surface area contributed by atoms with E-state index in [9.17, 15) is 14.7 Å². The molecule has 6 heteroatoms. The first-order valence-electron chi connectivity index (χ1n) is 3.69. The fourth-order valence-corrected chi connectivity index (χ4v) is 0.719. The monoisotopic (exact) mass is 200 g/mol. The Kier molecular flexibility index (Phi) is 4.71. The van der Waals surface area contributed by atoms with Crippen LogP contribution in [-0.2, 0) is 9.59 Å². The minimum atomic E-state index is -1.81. The summed E-state index contributed by atoms with van der Waals surface area (Å²) >= 11 is 0. The van der Waals surface area contributed by atoms with Crippen LogP contribution in [0, 0.1) is 0 Å². The summed E-state index contributed by atoms with van der Waals surface area (Å²) in [6, 6.07) is 0. The molecule has 0 radical (unpaired) electrons. The highest BCUT2D eigenvalue weighted by Crippen LogP contribution is 2.01. The van der Waals surface area contributed by atoms with Gasteiger partial charge in [0, 0.05) is 0 Å². The van der Waals surface area contributed by atoms with E-state index in [4.69, 9.17) is 10.8 Å². The van der Waals surface area contributed by atoms with Crippen LogP contribution in [0.2, 0.25) is 0 Å². The topological polar surface area (TPSA) is 104 Å². The summed E-state index contributed by atoms with van der Waals surface area (Å²) in [5, 5.41) is 18.0. The Bertz CT molecular complexity index is 242. The van der Waals surface area contributed by atoms with Crippen molar-refractivity contribution in [2.75, 3.05) is 0 Å². The maximum atomic E-state index is 11.1. The normalized spacial score (nSPS) is 13.9. The van der Waals surface area contributed by atoms with Gasteiger partial charge >= 0.3 is 0 Å². The van der Waals surface area contributed by atoms with Gasteiger partial charge < -0.3 is 15.9 Å². The number of hydrogen-bond donors (Lipinski definition) is 3. The number of carbonyl (C=O) groups is 2. The molecular weight excluding hydrogens is 188 g/mol. The SMILES string of the molecule is C=CC(=O)N(C(=O)C=C)C(O)C(N)O. The smallest absolute Gasteiger partial charge is 0.255 e. The zero-order valence-electron chi connectivity index (χ0n) is 7.46. The molecular formula is C8H12N2O4. The van der Waals surface area contributed by atoms with Gasteiger partial charge in [-0.1, -0.05) is 13.2 Å². The Labute approximate surface area is 80.9 Å². The molecule has 0 aromatic rings. The lowest BCUT2D eigenvalue weighted by Crippen LogP contribution is -2.52. The van der Waals surface area contributed by atoms with Crippen molar-refractivity contribution in [3.8, 4) is 0 Å². The zero-order chi connectivity index (χ0) is 11.3. The molecule has 0 aliphatic heterocycles. The highest BCUT2D eigenvalue weighted by molar-refractivity contribution is 6.04. The molecule has 0 aliphatic carbocycles. The van der Waals surface area contributed by atoms with Gasteiger partial charge in [-0.25, -0.2) is 4.90 Å². The number of hydrogen-bond acceptors (Lipinski definition) is 5. The van der Waals surface area contributed by atoms with Crippen molar-refractivity contribution in [1.29, 1.82) is 0 Å². The van der Waals surface area contributed by atoms with Crippen molar-refractivity contribution in [2.24, 2.45) is 5.73 Å². The minimum absolute atomic E-state index is 0.352. The average Bonchev–Trinajstić information content (AvgIpc) is 2.16. The lowest BCUT2D eigenvalue weighted by atomic mass is 10.3. The molecule has 2 unspecified atom stereocenters. The molecule has 0 heterocycles. The fraction of sp³-hybridized carbons (Fsp3) is 0.250. The maximum absolute atomic E-state index is 11.1. The van der Waals surface area contributed by atoms with Crippen molar-refractivity contribution in [3.05, 3.63) is 25.3 Å². The van der Waals surface area contributed by atoms with Crippen molar-refractivity contribution in [2.45, 2.75) is 12.5 Å². The third-order valence-electron chi connectivity index (χ3n) is 1.39. The number of imide groups is 1. The summed E-state index contributed by atoms with van der Waals surface area (Å²) in [5.41, 5.74) is 4.91. The number of carbonyl (C=O) groups excluding carboxylic acids is 2. The number of nitrogens with zero attached hydrogens (tertiary/aromatic N) is 1. The van der Waals surface area contributed by atoms with E-state index in [-0.39, 0.29) is 0 Å². The van der Waals surface area contributed by atoms with Crippen LogP contribution in [0.3, 0.4) is 0 Å². The number of aliphatic hydroxyl groups is 2. The van der Waals surface area contributed by atoms with Crippen LogP contribution >= 0.6 is 0 Å². The van der Waals surface area contributed by atoms with Crippen molar-refractivity contribution >= 4 is 11.8 Å². The van der Waals surface area contributed by atoms with Crippen molar-refractivity contribution in [3.63, 3.8) is 0 Å². The van der Waals surface area contributed by atoms with E-state index in [1.54, 1.807) is 0 Å². The third kappa shape index (κ3) is 2.77. The third-order valence-corrected chi connectivity index (χ3v) is 1.39. The van der Waals surface area contributed by atoms with Gasteiger partial charge in [0.05, 0.1) is 0 Å². The highest BCUT2D eigenvalue weighted by atomic mass is 16.4. The van der Waals surface area contributed by atoms with Gasteiger partial charge in [-0.05, 0) is 12.2 Å². The predicted octanol–water partition coefficient (Wildman–Crippen LogP) is -1.69. The van der Waals surface area contributed by atoms with Crippen LogP contribution < -0.4 is 5.73 Å². The summed E-state index contributed by atoms with van der Waals surface area (Å²) < 4.78 is 0. The number of aliphatic hydroxyl groups excluding tert-OH is 2. The molecule has 2 amide bonds. The molecule has 0 saturated heterocycles. The number of nitrogens with two attached hydrogens (primary N) is 1. The van der Waals surface area contributed by atoms with Crippen molar-refractivity contribution < 1.29 is 19.8 Å². The van der Waals surface area contributed by atoms with E-state index in [2.05, 4.69) is 13.2 Å². The summed E-state index contributed by atoms with van der Waals surface area (Å²) in [6.45, 7) is 6.26. The van der Waals surface area contributed by atoms with Gasteiger partial charge in [0.2, 0.25) is 0 Å². The van der Waals surface area contributed by atoms with E-state index in [1.165, 1.54) is 0 Å². The van der Waals surface area contributed by atoms with Crippen LogP contribution in [0.4, 0.5) is 0 Å². The zero-order valence-corrected chi connectivity index (χ0v) is 7.46. The first kappa shape index (κ1) is 12.5. The standard InChI is InChI=1S/C8H12N2O4/c1-3-5(11)10(6(12)4-2)8(14)7(9)13/h3-4,7-8,13-14H,1-2,9H2. The molecule has 6 nitrogen and oxygen atoms in total. The Morgan fingerprint density at radius 2 is 1.57 bits per heavy atom. The maximum Gasteiger partial charge on any atom is 0.255 e. The minimum Gasteiger partial charge on any atom is -0.374 e. The summed E-state index contributed by atoms with van der Waals surface area (Å²) in [4.78, 5) is 22.5. The van der Waals surface area contributed by atoms with Gasteiger partial charge in [0.25, 0.3) is 11.8 Å². The van der Waals surface area contributed by atoms with Gasteiger partial charge in [-0.3, -0.25) is 9.59 Å². The second-order valence-corrected chi connectivity index (χ2v) is 2.36. The molecule has 4 N–H and O–H groups in total. The van der Waals surface area contributed by atoms with E-state index in [1.807, 2.05) is 0 Å². The molecule has 0 bridgehead atoms. The van der Waals surface area contributed by atoms with Crippen LogP contribution in [0.5, 0.6) is 0 Å². The van der Waals surface area contributed by atoms with Gasteiger partial charge in [-0.2, -0.15) is 0 Å². The van der Waals surface area contributed by atoms with Gasteiger partial charge in [0.1, 0.15) is 6.23 Å². The Hall–Kier alpha value is -1.50. The molecule has 0 aliphatic rings. The second kappa shape index (κ2) is 5.28. The lowest BCUT2D eigenvalue weighted by molar-refractivity contribution is -0.157. The van der Waals surface area contributed by atoms with E-state index in [0.717, 1.165) is 12.2 Å². The molecule has 0 aromatic heterocycles. The Balaban J connectivity index is 4.89. The predicted molar refractivity (Wildman–Crippen MR) is 48.4 cm³/mol. The van der Waals surface area contributed by atoms with Crippen LogP contribution in [0.1, 0.15) is 0 Å². The first-order valence-corrected chi connectivity index (χ1v) is 3.69. The first-order chi connectivity index (χ1) is 6.45. The largest absolute Gasteiger partial charge is 0.374 e. The van der Waals surface area contributed by atoms with E-state index in [0.29, 0.717) is 4.90 Å². The van der Waals surface area contributed by atoms with E-state index < -0.39 is 24.3 Å². The lowest BCUT2D eigenvalue weighted by Gasteiger charge is -2.25. The molecule has 0 fully saturated rings. The van der Waals surface area contributed by atoms with Crippen LogP contribution in [0.15, 0.2) is 25.3 Å². The fourth-order valence-electron chi connectivity index (χ4n) is 0.719. The number of rotatable bonds is 4. The molecule has 0 spiro atoms. The quantitative estimate of drug-likeness (QED) is 0.371. The molecule has 14 heavy (non-hydrogen) atoms. The Morgan fingerprint density at radius 3 is 1.79 bits per heavy atom. The molecule has 2 atom stereocenters. The highest BCUT2D eigenvalue weighted by Gasteiger charge is 2.28. The van der Waals surface area contributed by atoms with Gasteiger partial charge in [0.15, 0.2) is 6.23 Å². The molecule has 0 saturated carbocycles. The van der Waals surface area contributed by atoms with E-state index >= 15 is 0 Å².